The van der Waals surface area contributed by atoms with Gasteiger partial charge in [0.2, 0.25) is 0 Å². The van der Waals surface area contributed by atoms with Crippen LogP contribution in [0.4, 0.5) is 0 Å². The molecule has 0 fully saturated rings. The average molecular weight is 351 g/mol. The summed E-state index contributed by atoms with van der Waals surface area (Å²) in [6, 6.07) is 7.13. The molecule has 5 nitrogen and oxygen atoms in total. The normalized spacial score (nSPS) is 11.3. The molecule has 0 aliphatic rings. The van der Waals surface area contributed by atoms with Crippen LogP contribution >= 0.6 is 34.5 Å². The number of thiophene rings is 1. The Bertz CT molecular complexity index is 710. The smallest absolute Gasteiger partial charge is 0.273 e. The summed E-state index contributed by atoms with van der Waals surface area (Å²) in [7, 11) is -3.94. The van der Waals surface area contributed by atoms with Gasteiger partial charge in [-0.1, -0.05) is 29.3 Å². The molecule has 2 rings (SSSR count). The molecule has 0 aliphatic carbocycles. The van der Waals surface area contributed by atoms with Crippen molar-refractivity contribution >= 4 is 50.5 Å². The molecule has 0 saturated heterocycles. The maximum absolute atomic E-state index is 12.0. The Kier molecular flexibility index (Phi) is 4.66. The standard InChI is InChI=1S/C11H8Cl2N2O3S2/c12-7-4-8(13)6-9(5-7)20(17,18)15-14-11(16)10-2-1-3-19-10/h1-6,15H,(H,14,16). The predicted molar refractivity (Wildman–Crippen MR) is 78.6 cm³/mol. The maximum Gasteiger partial charge on any atom is 0.276 e. The Balaban J connectivity index is 2.13. The summed E-state index contributed by atoms with van der Waals surface area (Å²) in [6.07, 6.45) is 0. The number of nitrogens with one attached hydrogen (secondary N) is 2. The van der Waals surface area contributed by atoms with Gasteiger partial charge in [0.1, 0.15) is 0 Å². The number of carbonyl (C=O) groups excluding carboxylic acids is 1. The topological polar surface area (TPSA) is 75.3 Å². The molecule has 20 heavy (non-hydrogen) atoms. The first kappa shape index (κ1) is 15.3. The lowest BCUT2D eigenvalue weighted by molar-refractivity contribution is 0.0949. The summed E-state index contributed by atoms with van der Waals surface area (Å²) in [5.41, 5.74) is 2.11. The third-order valence-corrected chi connectivity index (χ3v) is 4.72. The van der Waals surface area contributed by atoms with E-state index in [0.717, 1.165) is 0 Å². The molecule has 0 unspecified atom stereocenters. The van der Waals surface area contributed by atoms with Crippen LogP contribution in [0.1, 0.15) is 9.67 Å². The molecule has 2 aromatic rings. The van der Waals surface area contributed by atoms with Crippen molar-refractivity contribution in [1.29, 1.82) is 0 Å². The lowest BCUT2D eigenvalue weighted by Crippen LogP contribution is -2.41. The minimum atomic E-state index is -3.94. The number of rotatable bonds is 4. The van der Waals surface area contributed by atoms with Crippen molar-refractivity contribution in [2.24, 2.45) is 0 Å². The number of hydrogen-bond acceptors (Lipinski definition) is 4. The highest BCUT2D eigenvalue weighted by Gasteiger charge is 2.17. The third-order valence-electron chi connectivity index (χ3n) is 2.19. The zero-order valence-electron chi connectivity index (χ0n) is 9.76. The Morgan fingerprint density at radius 2 is 1.80 bits per heavy atom. The van der Waals surface area contributed by atoms with Crippen LogP contribution in [-0.2, 0) is 10.0 Å². The predicted octanol–water partition coefficient (Wildman–Crippen LogP) is 2.68. The van der Waals surface area contributed by atoms with Gasteiger partial charge in [0.15, 0.2) is 0 Å². The number of sulfonamides is 1. The van der Waals surface area contributed by atoms with E-state index < -0.39 is 15.9 Å². The molecule has 1 aromatic carbocycles. The lowest BCUT2D eigenvalue weighted by Gasteiger charge is -2.08. The Hall–Kier alpha value is -1.12. The average Bonchev–Trinajstić information content (AvgIpc) is 2.88. The van der Waals surface area contributed by atoms with E-state index >= 15 is 0 Å². The van der Waals surface area contributed by atoms with Crippen molar-refractivity contribution in [3.63, 3.8) is 0 Å². The zero-order chi connectivity index (χ0) is 14.8. The number of halogens is 2. The first-order valence-electron chi connectivity index (χ1n) is 5.20. The van der Waals surface area contributed by atoms with Crippen LogP contribution in [0.15, 0.2) is 40.6 Å². The van der Waals surface area contributed by atoms with Gasteiger partial charge in [-0.3, -0.25) is 10.2 Å². The highest BCUT2D eigenvalue weighted by molar-refractivity contribution is 7.89. The van der Waals surface area contributed by atoms with Crippen LogP contribution in [0.3, 0.4) is 0 Å². The van der Waals surface area contributed by atoms with Gasteiger partial charge in [-0.25, -0.2) is 8.42 Å². The van der Waals surface area contributed by atoms with E-state index in [1.54, 1.807) is 17.5 Å². The number of amides is 1. The summed E-state index contributed by atoms with van der Waals surface area (Å²) in [6.45, 7) is 0. The van der Waals surface area contributed by atoms with Gasteiger partial charge in [-0.05, 0) is 29.6 Å². The second-order valence-electron chi connectivity index (χ2n) is 3.64. The summed E-state index contributed by atoms with van der Waals surface area (Å²) in [4.78, 5) is 13.9. The zero-order valence-corrected chi connectivity index (χ0v) is 12.9. The summed E-state index contributed by atoms with van der Waals surface area (Å²) < 4.78 is 23.9. The van der Waals surface area contributed by atoms with Crippen LogP contribution in [0, 0.1) is 0 Å². The second kappa shape index (κ2) is 6.11. The highest BCUT2D eigenvalue weighted by atomic mass is 35.5. The summed E-state index contributed by atoms with van der Waals surface area (Å²) in [5.74, 6) is -0.545. The van der Waals surface area contributed by atoms with E-state index in [0.29, 0.717) is 4.88 Å². The first-order valence-corrected chi connectivity index (χ1v) is 8.32. The largest absolute Gasteiger partial charge is 0.276 e. The van der Waals surface area contributed by atoms with Gasteiger partial charge in [0.05, 0.1) is 9.77 Å². The molecule has 1 heterocycles. The van der Waals surface area contributed by atoms with Crippen molar-refractivity contribution in [1.82, 2.24) is 10.3 Å². The van der Waals surface area contributed by atoms with Gasteiger partial charge >= 0.3 is 0 Å². The first-order chi connectivity index (χ1) is 9.38. The number of benzene rings is 1. The van der Waals surface area contributed by atoms with E-state index in [1.165, 1.54) is 29.5 Å². The fraction of sp³-hybridized carbons (Fsp3) is 0. The van der Waals surface area contributed by atoms with E-state index in [9.17, 15) is 13.2 Å². The van der Waals surface area contributed by atoms with Crippen LogP contribution in [0.2, 0.25) is 10.0 Å². The fourth-order valence-electron chi connectivity index (χ4n) is 1.33. The lowest BCUT2D eigenvalue weighted by atomic mass is 10.4. The molecular weight excluding hydrogens is 343 g/mol. The van der Waals surface area contributed by atoms with Crippen molar-refractivity contribution in [3.05, 3.63) is 50.6 Å². The molecule has 0 atom stereocenters. The van der Waals surface area contributed by atoms with E-state index in [-0.39, 0.29) is 14.9 Å². The summed E-state index contributed by atoms with van der Waals surface area (Å²) in [5, 5.41) is 2.07. The van der Waals surface area contributed by atoms with Crippen molar-refractivity contribution in [3.8, 4) is 0 Å². The van der Waals surface area contributed by atoms with Gasteiger partial charge in [-0.15, -0.1) is 16.2 Å². The molecule has 0 aliphatic heterocycles. The van der Waals surface area contributed by atoms with Gasteiger partial charge < -0.3 is 0 Å². The molecule has 106 valence electrons. The molecule has 0 saturated carbocycles. The molecule has 0 bridgehead atoms. The fourth-order valence-corrected chi connectivity index (χ4v) is 3.51. The summed E-state index contributed by atoms with van der Waals surface area (Å²) >= 11 is 12.7. The van der Waals surface area contributed by atoms with Crippen LogP contribution in [-0.4, -0.2) is 14.3 Å². The van der Waals surface area contributed by atoms with Crippen molar-refractivity contribution < 1.29 is 13.2 Å². The molecule has 2 N–H and O–H groups in total. The van der Waals surface area contributed by atoms with Crippen molar-refractivity contribution in [2.45, 2.75) is 4.90 Å². The molecule has 1 aromatic heterocycles. The van der Waals surface area contributed by atoms with E-state index in [4.69, 9.17) is 23.2 Å². The quantitative estimate of drug-likeness (QED) is 0.832. The van der Waals surface area contributed by atoms with Gasteiger partial charge in [-0.2, -0.15) is 0 Å². The number of hydrogen-bond donors (Lipinski definition) is 2. The SMILES string of the molecule is O=C(NNS(=O)(=O)c1cc(Cl)cc(Cl)c1)c1cccs1. The van der Waals surface area contributed by atoms with Crippen LogP contribution < -0.4 is 10.3 Å². The Morgan fingerprint density at radius 3 is 2.35 bits per heavy atom. The molecule has 0 spiro atoms. The minimum Gasteiger partial charge on any atom is -0.273 e. The highest BCUT2D eigenvalue weighted by Crippen LogP contribution is 2.21. The van der Waals surface area contributed by atoms with Gasteiger partial charge in [0.25, 0.3) is 15.9 Å². The van der Waals surface area contributed by atoms with Gasteiger partial charge in [0, 0.05) is 10.0 Å². The Labute approximate surface area is 129 Å². The van der Waals surface area contributed by atoms with E-state index in [1.807, 2.05) is 4.83 Å². The van der Waals surface area contributed by atoms with Crippen LogP contribution in [0.25, 0.3) is 0 Å². The number of hydrazine groups is 1. The Morgan fingerprint density at radius 1 is 1.15 bits per heavy atom. The van der Waals surface area contributed by atoms with Crippen LogP contribution in [0.5, 0.6) is 0 Å². The number of carbonyl (C=O) groups is 1. The molecule has 9 heteroatoms. The maximum atomic E-state index is 12.0. The molecular formula is C11H8Cl2N2O3S2. The second-order valence-corrected chi connectivity index (χ2v) is 7.15. The molecule has 1 amide bonds. The molecule has 0 radical (unpaired) electrons. The van der Waals surface area contributed by atoms with Crippen molar-refractivity contribution in [2.75, 3.05) is 0 Å². The monoisotopic (exact) mass is 350 g/mol. The van der Waals surface area contributed by atoms with E-state index in [2.05, 4.69) is 5.43 Å². The third kappa shape index (κ3) is 3.71. The minimum absolute atomic E-state index is 0.138.